The minimum Gasteiger partial charge on any atom is -0.481 e. The van der Waals surface area contributed by atoms with Gasteiger partial charge < -0.3 is 10.1 Å². The van der Waals surface area contributed by atoms with Crippen LogP contribution in [0.2, 0.25) is 5.15 Å². The van der Waals surface area contributed by atoms with Crippen LogP contribution in [0.5, 0.6) is 5.88 Å². The van der Waals surface area contributed by atoms with Crippen LogP contribution in [0.1, 0.15) is 35.7 Å². The van der Waals surface area contributed by atoms with Crippen LogP contribution in [-0.2, 0) is 0 Å². The average Bonchev–Trinajstić information content (AvgIpc) is 2.46. The summed E-state index contributed by atoms with van der Waals surface area (Å²) in [5.74, 6) is 0.382. The highest BCUT2D eigenvalue weighted by Gasteiger charge is 2.13. The maximum Gasteiger partial charge on any atom is 0.255 e. The van der Waals surface area contributed by atoms with Gasteiger partial charge in [0.2, 0.25) is 5.88 Å². The van der Waals surface area contributed by atoms with Crippen molar-refractivity contribution in [2.75, 3.05) is 12.4 Å². The zero-order chi connectivity index (χ0) is 15.4. The highest BCUT2D eigenvalue weighted by atomic mass is 35.5. The second-order valence-corrected chi connectivity index (χ2v) is 5.30. The summed E-state index contributed by atoms with van der Waals surface area (Å²) in [6.07, 6.45) is 0. The number of nitrogens with one attached hydrogen (secondary N) is 1. The average molecular weight is 305 g/mol. The minimum absolute atomic E-state index is 0.219. The molecule has 2 aromatic rings. The van der Waals surface area contributed by atoms with Gasteiger partial charge in [-0.3, -0.25) is 4.79 Å². The monoisotopic (exact) mass is 304 g/mol. The lowest BCUT2D eigenvalue weighted by Gasteiger charge is -2.14. The maximum absolute atomic E-state index is 12.4. The van der Waals surface area contributed by atoms with E-state index in [1.54, 1.807) is 6.07 Å². The maximum atomic E-state index is 12.4. The van der Waals surface area contributed by atoms with E-state index in [2.05, 4.69) is 24.1 Å². The van der Waals surface area contributed by atoms with Gasteiger partial charge in [0.15, 0.2) is 0 Å². The fourth-order valence-electron chi connectivity index (χ4n) is 2.02. The number of rotatable bonds is 4. The predicted molar refractivity (Wildman–Crippen MR) is 84.3 cm³/mol. The lowest BCUT2D eigenvalue weighted by Crippen LogP contribution is -2.14. The van der Waals surface area contributed by atoms with Crippen molar-refractivity contribution in [3.63, 3.8) is 0 Å². The Hall–Kier alpha value is -2.07. The zero-order valence-electron chi connectivity index (χ0n) is 12.2. The van der Waals surface area contributed by atoms with Gasteiger partial charge in [0.05, 0.1) is 7.11 Å². The van der Waals surface area contributed by atoms with Crippen molar-refractivity contribution in [1.29, 1.82) is 0 Å². The Kier molecular flexibility index (Phi) is 4.81. The van der Waals surface area contributed by atoms with Crippen LogP contribution in [-0.4, -0.2) is 18.0 Å². The number of methoxy groups -OCH3 is 1. The van der Waals surface area contributed by atoms with Gasteiger partial charge in [-0.25, -0.2) is 4.98 Å². The number of pyridine rings is 1. The molecule has 21 heavy (non-hydrogen) atoms. The van der Waals surface area contributed by atoms with Gasteiger partial charge >= 0.3 is 0 Å². The molecular weight excluding hydrogens is 288 g/mol. The molecular formula is C16H17ClN2O2. The third kappa shape index (κ3) is 3.73. The topological polar surface area (TPSA) is 51.2 Å². The highest BCUT2D eigenvalue weighted by Crippen LogP contribution is 2.25. The van der Waals surface area contributed by atoms with Crippen LogP contribution in [0.15, 0.2) is 36.4 Å². The molecule has 0 saturated carbocycles. The van der Waals surface area contributed by atoms with E-state index in [1.807, 2.05) is 24.3 Å². The van der Waals surface area contributed by atoms with Crippen LogP contribution in [0.25, 0.3) is 0 Å². The molecule has 1 amide bonds. The number of carbonyl (C=O) groups excluding carboxylic acids is 1. The van der Waals surface area contributed by atoms with Crippen LogP contribution < -0.4 is 10.1 Å². The van der Waals surface area contributed by atoms with Crippen LogP contribution in [0, 0.1) is 0 Å². The molecule has 1 N–H and O–H groups in total. The molecule has 0 bridgehead atoms. The molecule has 0 unspecified atom stereocenters. The fraction of sp³-hybridized carbons (Fsp3) is 0.250. The molecule has 1 aromatic heterocycles. The minimum atomic E-state index is -0.245. The Morgan fingerprint density at radius 1 is 1.29 bits per heavy atom. The molecule has 0 spiro atoms. The van der Waals surface area contributed by atoms with E-state index in [0.29, 0.717) is 17.4 Å². The Balaban J connectivity index is 2.28. The zero-order valence-corrected chi connectivity index (χ0v) is 12.9. The van der Waals surface area contributed by atoms with E-state index >= 15 is 0 Å². The van der Waals surface area contributed by atoms with Gasteiger partial charge in [-0.05, 0) is 23.6 Å². The van der Waals surface area contributed by atoms with E-state index < -0.39 is 0 Å². The van der Waals surface area contributed by atoms with Gasteiger partial charge in [-0.1, -0.05) is 43.6 Å². The molecule has 0 aliphatic rings. The normalized spacial score (nSPS) is 10.5. The lowest BCUT2D eigenvalue weighted by molar-refractivity contribution is 0.102. The fourth-order valence-corrected chi connectivity index (χ4v) is 2.22. The number of benzene rings is 1. The summed E-state index contributed by atoms with van der Waals surface area (Å²) in [4.78, 5) is 16.3. The number of amides is 1. The van der Waals surface area contributed by atoms with Crippen LogP contribution in [0.3, 0.4) is 0 Å². The first-order valence-electron chi connectivity index (χ1n) is 6.63. The van der Waals surface area contributed by atoms with E-state index in [1.165, 1.54) is 13.2 Å². The molecule has 1 aromatic carbocycles. The number of anilines is 1. The number of nitrogens with zero attached hydrogens (tertiary/aromatic N) is 1. The summed E-state index contributed by atoms with van der Waals surface area (Å²) in [7, 11) is 1.48. The number of ether oxygens (including phenoxy) is 1. The third-order valence-electron chi connectivity index (χ3n) is 3.07. The predicted octanol–water partition coefficient (Wildman–Crippen LogP) is 4.12. The number of carbonyl (C=O) groups is 1. The molecule has 0 fully saturated rings. The summed E-state index contributed by atoms with van der Waals surface area (Å²) in [5, 5.41) is 3.12. The van der Waals surface area contributed by atoms with Crippen molar-refractivity contribution in [2.24, 2.45) is 0 Å². The van der Waals surface area contributed by atoms with Gasteiger partial charge in [0, 0.05) is 17.3 Å². The Morgan fingerprint density at radius 3 is 2.67 bits per heavy atom. The molecule has 1 heterocycles. The van der Waals surface area contributed by atoms with E-state index in [-0.39, 0.29) is 11.1 Å². The van der Waals surface area contributed by atoms with Crippen LogP contribution in [0.4, 0.5) is 5.69 Å². The molecule has 0 aliphatic carbocycles. The Bertz CT molecular complexity index is 656. The number of hydrogen-bond donors (Lipinski definition) is 1. The Morgan fingerprint density at radius 2 is 2.00 bits per heavy atom. The molecule has 0 atom stereocenters. The van der Waals surface area contributed by atoms with Crippen molar-refractivity contribution < 1.29 is 9.53 Å². The SMILES string of the molecule is COc1cc(C(=O)Nc2ccccc2C(C)C)cc(Cl)n1. The van der Waals surface area contributed by atoms with E-state index in [4.69, 9.17) is 16.3 Å². The van der Waals surface area contributed by atoms with Crippen LogP contribution >= 0.6 is 11.6 Å². The van der Waals surface area contributed by atoms with Crippen molar-refractivity contribution in [3.8, 4) is 5.88 Å². The van der Waals surface area contributed by atoms with E-state index in [0.717, 1.165) is 11.3 Å². The smallest absolute Gasteiger partial charge is 0.255 e. The summed E-state index contributed by atoms with van der Waals surface area (Å²) in [6, 6.07) is 10.8. The lowest BCUT2D eigenvalue weighted by atomic mass is 10.0. The molecule has 2 rings (SSSR count). The largest absolute Gasteiger partial charge is 0.481 e. The molecule has 0 aliphatic heterocycles. The first-order valence-corrected chi connectivity index (χ1v) is 7.01. The van der Waals surface area contributed by atoms with Crippen molar-refractivity contribution in [1.82, 2.24) is 4.98 Å². The van der Waals surface area contributed by atoms with Crippen molar-refractivity contribution in [2.45, 2.75) is 19.8 Å². The molecule has 4 nitrogen and oxygen atoms in total. The molecule has 0 saturated heterocycles. The number of aromatic nitrogens is 1. The number of halogens is 1. The quantitative estimate of drug-likeness (QED) is 0.864. The summed E-state index contributed by atoms with van der Waals surface area (Å²) in [5.41, 5.74) is 2.28. The summed E-state index contributed by atoms with van der Waals surface area (Å²) >= 11 is 5.89. The highest BCUT2D eigenvalue weighted by molar-refractivity contribution is 6.30. The molecule has 110 valence electrons. The Labute approximate surface area is 129 Å². The van der Waals surface area contributed by atoms with Gasteiger partial charge in [0.1, 0.15) is 5.15 Å². The summed E-state index contributed by atoms with van der Waals surface area (Å²) < 4.78 is 5.02. The standard InChI is InChI=1S/C16H17ClN2O2/c1-10(2)12-6-4-5-7-13(12)18-16(20)11-8-14(17)19-15(9-11)21-3/h4-10H,1-3H3,(H,18,20). The van der Waals surface area contributed by atoms with Crippen molar-refractivity contribution >= 4 is 23.2 Å². The molecule has 0 radical (unpaired) electrons. The van der Waals surface area contributed by atoms with Gasteiger partial charge in [-0.15, -0.1) is 0 Å². The van der Waals surface area contributed by atoms with E-state index in [9.17, 15) is 4.79 Å². The molecule has 5 heteroatoms. The second-order valence-electron chi connectivity index (χ2n) is 4.92. The number of hydrogen-bond acceptors (Lipinski definition) is 3. The van der Waals surface area contributed by atoms with Crippen molar-refractivity contribution in [3.05, 3.63) is 52.7 Å². The second kappa shape index (κ2) is 6.59. The first kappa shape index (κ1) is 15.3. The third-order valence-corrected chi connectivity index (χ3v) is 3.27. The number of para-hydroxylation sites is 1. The van der Waals surface area contributed by atoms with Gasteiger partial charge in [0.25, 0.3) is 5.91 Å². The first-order chi connectivity index (χ1) is 10.0. The van der Waals surface area contributed by atoms with Gasteiger partial charge in [-0.2, -0.15) is 0 Å². The summed E-state index contributed by atoms with van der Waals surface area (Å²) in [6.45, 7) is 4.16.